The lowest BCUT2D eigenvalue weighted by molar-refractivity contribution is 0.0917. The normalized spacial score (nSPS) is 12.8. The Morgan fingerprint density at radius 3 is 2.76 bits per heavy atom. The first-order valence-electron chi connectivity index (χ1n) is 6.00. The third-order valence-corrected chi connectivity index (χ3v) is 2.60. The van der Waals surface area contributed by atoms with E-state index in [1.54, 1.807) is 0 Å². The molecule has 4 N–H and O–H groups in total. The van der Waals surface area contributed by atoms with E-state index in [-0.39, 0.29) is 23.7 Å². The van der Waals surface area contributed by atoms with Crippen molar-refractivity contribution in [1.82, 2.24) is 20.5 Å². The molecule has 1 amide bonds. The van der Waals surface area contributed by atoms with Gasteiger partial charge in [-0.25, -0.2) is 4.98 Å². The highest BCUT2D eigenvalue weighted by molar-refractivity contribution is 5.90. The second kappa shape index (κ2) is 6.34. The molecule has 6 heteroatoms. The number of nitrogens with zero attached hydrogens (tertiary/aromatic N) is 2. The number of H-pyrrole nitrogens is 1. The molecule has 1 heterocycles. The van der Waals surface area contributed by atoms with Crippen LogP contribution in [0.2, 0.25) is 0 Å². The first-order chi connectivity index (χ1) is 8.08. The highest BCUT2D eigenvalue weighted by Crippen LogP contribution is 2.02. The summed E-state index contributed by atoms with van der Waals surface area (Å²) < 4.78 is 0. The lowest BCUT2D eigenvalue weighted by Crippen LogP contribution is -2.44. The molecule has 0 aliphatic carbocycles. The Labute approximate surface area is 101 Å². The van der Waals surface area contributed by atoms with Crippen molar-refractivity contribution in [3.63, 3.8) is 0 Å². The van der Waals surface area contributed by atoms with E-state index in [2.05, 4.69) is 20.5 Å². The molecular weight excluding hydrogens is 218 g/mol. The number of amides is 1. The van der Waals surface area contributed by atoms with Gasteiger partial charge in [-0.05, 0) is 12.3 Å². The number of hydrogen-bond donors (Lipinski definition) is 3. The van der Waals surface area contributed by atoms with Crippen LogP contribution in [0.15, 0.2) is 0 Å². The largest absolute Gasteiger partial charge is 0.345 e. The minimum Gasteiger partial charge on any atom is -0.345 e. The van der Waals surface area contributed by atoms with Gasteiger partial charge in [-0.3, -0.25) is 9.89 Å². The van der Waals surface area contributed by atoms with E-state index in [1.165, 1.54) is 0 Å². The Bertz CT molecular complexity index is 360. The lowest BCUT2D eigenvalue weighted by Gasteiger charge is -2.19. The molecule has 1 aromatic rings. The van der Waals surface area contributed by atoms with Crippen molar-refractivity contribution in [2.75, 3.05) is 6.54 Å². The Morgan fingerprint density at radius 1 is 1.53 bits per heavy atom. The second-order valence-corrected chi connectivity index (χ2v) is 4.42. The van der Waals surface area contributed by atoms with Crippen LogP contribution in [-0.2, 0) is 6.42 Å². The van der Waals surface area contributed by atoms with E-state index < -0.39 is 0 Å². The Morgan fingerprint density at radius 2 is 2.24 bits per heavy atom. The fourth-order valence-electron chi connectivity index (χ4n) is 1.48. The van der Waals surface area contributed by atoms with E-state index >= 15 is 0 Å². The predicted molar refractivity (Wildman–Crippen MR) is 65.5 cm³/mol. The molecule has 0 fully saturated rings. The molecule has 0 spiro atoms. The molecule has 0 saturated heterocycles. The summed E-state index contributed by atoms with van der Waals surface area (Å²) in [5.41, 5.74) is 5.59. The molecule has 0 aromatic carbocycles. The number of aromatic amines is 1. The first kappa shape index (κ1) is 13.6. The summed E-state index contributed by atoms with van der Waals surface area (Å²) in [7, 11) is 0. The summed E-state index contributed by atoms with van der Waals surface area (Å²) in [5.74, 6) is 0.949. The average Bonchev–Trinajstić information content (AvgIpc) is 2.74. The van der Waals surface area contributed by atoms with Crippen LogP contribution in [0.25, 0.3) is 0 Å². The van der Waals surface area contributed by atoms with Crippen LogP contribution >= 0.6 is 0 Å². The topological polar surface area (TPSA) is 96.7 Å². The van der Waals surface area contributed by atoms with Crippen LogP contribution in [0, 0.1) is 5.92 Å². The molecule has 1 rings (SSSR count). The predicted octanol–water partition coefficient (Wildman–Crippen LogP) is 0.470. The SMILES string of the molecule is CCCc1nc(C(=O)NC(CN)C(C)C)n[nH]1. The van der Waals surface area contributed by atoms with Crippen LogP contribution in [0.1, 0.15) is 43.6 Å². The van der Waals surface area contributed by atoms with Crippen LogP contribution in [-0.4, -0.2) is 33.7 Å². The number of nitrogens with two attached hydrogens (primary N) is 1. The van der Waals surface area contributed by atoms with E-state index in [0.29, 0.717) is 6.54 Å². The van der Waals surface area contributed by atoms with Crippen molar-refractivity contribution in [2.24, 2.45) is 11.7 Å². The van der Waals surface area contributed by atoms with E-state index in [4.69, 9.17) is 5.73 Å². The summed E-state index contributed by atoms with van der Waals surface area (Å²) in [6.07, 6.45) is 1.76. The number of hydrogen-bond acceptors (Lipinski definition) is 4. The molecule has 0 saturated carbocycles. The van der Waals surface area contributed by atoms with Gasteiger partial charge in [0.1, 0.15) is 5.82 Å². The Hall–Kier alpha value is -1.43. The van der Waals surface area contributed by atoms with Gasteiger partial charge in [0.25, 0.3) is 5.91 Å². The number of rotatable bonds is 6. The highest BCUT2D eigenvalue weighted by atomic mass is 16.2. The molecule has 6 nitrogen and oxygen atoms in total. The quantitative estimate of drug-likeness (QED) is 0.672. The third kappa shape index (κ3) is 3.81. The maximum atomic E-state index is 11.8. The van der Waals surface area contributed by atoms with Crippen molar-refractivity contribution in [2.45, 2.75) is 39.7 Å². The zero-order valence-corrected chi connectivity index (χ0v) is 10.7. The number of carbonyl (C=O) groups is 1. The molecule has 0 aliphatic rings. The minimum absolute atomic E-state index is 0.0457. The summed E-state index contributed by atoms with van der Waals surface area (Å²) in [6.45, 7) is 6.48. The maximum Gasteiger partial charge on any atom is 0.291 e. The Kier molecular flexibility index (Phi) is 5.09. The zero-order valence-electron chi connectivity index (χ0n) is 10.7. The van der Waals surface area contributed by atoms with Gasteiger partial charge in [-0.2, -0.15) is 0 Å². The first-order valence-corrected chi connectivity index (χ1v) is 6.00. The number of aryl methyl sites for hydroxylation is 1. The molecule has 0 bridgehead atoms. The van der Waals surface area contributed by atoms with E-state index in [0.717, 1.165) is 18.7 Å². The van der Waals surface area contributed by atoms with Crippen LogP contribution in [0.3, 0.4) is 0 Å². The molecule has 0 radical (unpaired) electrons. The van der Waals surface area contributed by atoms with Gasteiger partial charge >= 0.3 is 0 Å². The van der Waals surface area contributed by atoms with E-state index in [9.17, 15) is 4.79 Å². The van der Waals surface area contributed by atoms with Crippen LogP contribution in [0.4, 0.5) is 0 Å². The van der Waals surface area contributed by atoms with Gasteiger partial charge in [-0.1, -0.05) is 20.8 Å². The van der Waals surface area contributed by atoms with Crippen LogP contribution < -0.4 is 11.1 Å². The van der Waals surface area contributed by atoms with Gasteiger partial charge in [0.05, 0.1) is 0 Å². The van der Waals surface area contributed by atoms with E-state index in [1.807, 2.05) is 20.8 Å². The number of aromatic nitrogens is 3. The number of nitrogens with one attached hydrogen (secondary N) is 2. The van der Waals surface area contributed by atoms with Gasteiger partial charge in [0.15, 0.2) is 0 Å². The lowest BCUT2D eigenvalue weighted by atomic mass is 10.0. The molecule has 96 valence electrons. The highest BCUT2D eigenvalue weighted by Gasteiger charge is 2.18. The second-order valence-electron chi connectivity index (χ2n) is 4.42. The summed E-state index contributed by atoms with van der Waals surface area (Å²) >= 11 is 0. The van der Waals surface area contributed by atoms with Gasteiger partial charge < -0.3 is 11.1 Å². The van der Waals surface area contributed by atoms with Gasteiger partial charge in [0.2, 0.25) is 5.82 Å². The summed E-state index contributed by atoms with van der Waals surface area (Å²) in [4.78, 5) is 16.0. The van der Waals surface area contributed by atoms with Crippen molar-refractivity contribution >= 4 is 5.91 Å². The van der Waals surface area contributed by atoms with Crippen molar-refractivity contribution in [3.8, 4) is 0 Å². The fraction of sp³-hybridized carbons (Fsp3) is 0.727. The molecular formula is C11H21N5O. The molecule has 1 aromatic heterocycles. The Balaban J connectivity index is 2.62. The zero-order chi connectivity index (χ0) is 12.8. The average molecular weight is 239 g/mol. The number of carbonyl (C=O) groups excluding carboxylic acids is 1. The monoisotopic (exact) mass is 239 g/mol. The molecule has 1 unspecified atom stereocenters. The standard InChI is InChI=1S/C11H21N5O/c1-4-5-9-14-10(16-15-9)11(17)13-8(6-12)7(2)3/h7-8H,4-6,12H2,1-3H3,(H,13,17)(H,14,15,16). The van der Waals surface area contributed by atoms with Gasteiger partial charge in [-0.15, -0.1) is 5.10 Å². The molecule has 17 heavy (non-hydrogen) atoms. The van der Waals surface area contributed by atoms with Crippen molar-refractivity contribution in [3.05, 3.63) is 11.6 Å². The van der Waals surface area contributed by atoms with Gasteiger partial charge in [0, 0.05) is 19.0 Å². The summed E-state index contributed by atoms with van der Waals surface area (Å²) in [5, 5.41) is 9.48. The van der Waals surface area contributed by atoms with Crippen molar-refractivity contribution < 1.29 is 4.79 Å². The minimum atomic E-state index is -0.271. The third-order valence-electron chi connectivity index (χ3n) is 2.60. The molecule has 0 aliphatic heterocycles. The van der Waals surface area contributed by atoms with Crippen LogP contribution in [0.5, 0.6) is 0 Å². The fourth-order valence-corrected chi connectivity index (χ4v) is 1.48. The summed E-state index contributed by atoms with van der Waals surface area (Å²) in [6, 6.07) is -0.0457. The maximum absolute atomic E-state index is 11.8. The van der Waals surface area contributed by atoms with Crippen molar-refractivity contribution in [1.29, 1.82) is 0 Å². The molecule has 1 atom stereocenters. The smallest absolute Gasteiger partial charge is 0.291 e.